The van der Waals surface area contributed by atoms with Gasteiger partial charge in [0.15, 0.2) is 11.5 Å². The van der Waals surface area contributed by atoms with E-state index in [2.05, 4.69) is 50.9 Å². The number of fused-ring (bicyclic) bond motifs is 2. The average Bonchev–Trinajstić information content (AvgIpc) is 3.27. The summed E-state index contributed by atoms with van der Waals surface area (Å²) in [5, 5.41) is 3.72. The number of ketones is 1. The number of benzene rings is 2. The maximum atomic E-state index is 13.4. The van der Waals surface area contributed by atoms with Crippen LogP contribution in [0.15, 0.2) is 49.1 Å². The molecule has 0 saturated heterocycles. The molecule has 31 heavy (non-hydrogen) atoms. The van der Waals surface area contributed by atoms with Gasteiger partial charge in [-0.2, -0.15) is 0 Å². The summed E-state index contributed by atoms with van der Waals surface area (Å²) in [5.41, 5.74) is 4.44. The Hall–Kier alpha value is -2.75. The Balaban J connectivity index is 1.39. The molecule has 4 heteroatoms. The maximum absolute atomic E-state index is 13.4. The molecule has 0 radical (unpaired) electrons. The lowest BCUT2D eigenvalue weighted by Gasteiger charge is -2.32. The van der Waals surface area contributed by atoms with Crippen molar-refractivity contribution >= 4 is 11.5 Å². The standard InChI is InChI=1S/C27H31NO3/c1-5-6-19-20-13-17(7-9-21(20)28-25(19)26(2,3)4)14-24(29)27(11-12-27)18-8-10-22-23(15-18)31-16-30-22/h5,7-10,13,15,19,25,28H,1,6,11-12,14,16H2,2-4H3. The van der Waals surface area contributed by atoms with Crippen LogP contribution >= 0.6 is 0 Å². The van der Waals surface area contributed by atoms with E-state index in [0.717, 1.165) is 41.9 Å². The zero-order valence-corrected chi connectivity index (χ0v) is 18.7. The van der Waals surface area contributed by atoms with Crippen molar-refractivity contribution in [2.45, 2.75) is 63.8 Å². The number of rotatable bonds is 6. The van der Waals surface area contributed by atoms with Crippen molar-refractivity contribution in [2.75, 3.05) is 12.1 Å². The fourth-order valence-electron chi connectivity index (χ4n) is 5.27. The Kier molecular flexibility index (Phi) is 4.65. The van der Waals surface area contributed by atoms with Gasteiger partial charge in [0.1, 0.15) is 5.78 Å². The van der Waals surface area contributed by atoms with E-state index >= 15 is 0 Å². The highest BCUT2D eigenvalue weighted by Crippen LogP contribution is 2.52. The molecule has 2 aromatic rings. The number of hydrogen-bond donors (Lipinski definition) is 1. The summed E-state index contributed by atoms with van der Waals surface area (Å²) >= 11 is 0. The summed E-state index contributed by atoms with van der Waals surface area (Å²) < 4.78 is 11.0. The highest BCUT2D eigenvalue weighted by Gasteiger charge is 2.51. The van der Waals surface area contributed by atoms with Gasteiger partial charge in [0.05, 0.1) is 5.41 Å². The molecule has 2 atom stereocenters. The minimum atomic E-state index is -0.368. The maximum Gasteiger partial charge on any atom is 0.231 e. The molecule has 1 saturated carbocycles. The van der Waals surface area contributed by atoms with E-state index in [1.54, 1.807) is 0 Å². The van der Waals surface area contributed by atoms with Gasteiger partial charge >= 0.3 is 0 Å². The quantitative estimate of drug-likeness (QED) is 0.607. The van der Waals surface area contributed by atoms with Crippen molar-refractivity contribution in [1.29, 1.82) is 0 Å². The SMILES string of the molecule is C=CCC1c2cc(CC(=O)C3(c4ccc5c(c4)OCO5)CC3)ccc2NC1C(C)(C)C. The van der Waals surface area contributed by atoms with Gasteiger partial charge in [-0.05, 0) is 59.6 Å². The molecular formula is C27H31NO3. The number of ether oxygens (including phenoxy) is 2. The molecule has 0 amide bonds. The molecule has 4 nitrogen and oxygen atoms in total. The number of carbonyl (C=O) groups is 1. The smallest absolute Gasteiger partial charge is 0.231 e. The first-order valence-corrected chi connectivity index (χ1v) is 11.3. The minimum Gasteiger partial charge on any atom is -0.454 e. The Morgan fingerprint density at radius 1 is 1.16 bits per heavy atom. The summed E-state index contributed by atoms with van der Waals surface area (Å²) in [6, 6.07) is 12.8. The van der Waals surface area contributed by atoms with Gasteiger partial charge in [-0.25, -0.2) is 0 Å². The van der Waals surface area contributed by atoms with E-state index in [1.807, 2.05) is 24.3 Å². The Labute approximate surface area is 184 Å². The third kappa shape index (κ3) is 3.42. The first-order chi connectivity index (χ1) is 14.8. The number of anilines is 1. The molecule has 0 aromatic heterocycles. The lowest BCUT2D eigenvalue weighted by molar-refractivity contribution is -0.120. The van der Waals surface area contributed by atoms with Gasteiger partial charge in [-0.15, -0.1) is 6.58 Å². The molecule has 162 valence electrons. The molecule has 2 heterocycles. The number of hydrogen-bond acceptors (Lipinski definition) is 4. The normalized spacial score (nSPS) is 22.5. The first kappa shape index (κ1) is 20.2. The molecular weight excluding hydrogens is 386 g/mol. The van der Waals surface area contributed by atoms with Crippen molar-refractivity contribution in [1.82, 2.24) is 0 Å². The Morgan fingerprint density at radius 2 is 1.94 bits per heavy atom. The summed E-state index contributed by atoms with van der Waals surface area (Å²) in [4.78, 5) is 13.4. The van der Waals surface area contributed by atoms with Crippen LogP contribution in [-0.4, -0.2) is 18.6 Å². The van der Waals surface area contributed by atoms with Crippen molar-refractivity contribution in [3.63, 3.8) is 0 Å². The van der Waals surface area contributed by atoms with Crippen LogP contribution in [0.5, 0.6) is 11.5 Å². The second-order valence-corrected chi connectivity index (χ2v) is 10.3. The summed E-state index contributed by atoms with van der Waals surface area (Å²) in [6.45, 7) is 11.1. The molecule has 0 spiro atoms. The molecule has 1 N–H and O–H groups in total. The van der Waals surface area contributed by atoms with E-state index in [-0.39, 0.29) is 17.6 Å². The second-order valence-electron chi connectivity index (χ2n) is 10.3. The first-order valence-electron chi connectivity index (χ1n) is 11.3. The predicted molar refractivity (Wildman–Crippen MR) is 123 cm³/mol. The van der Waals surface area contributed by atoms with Gasteiger partial charge in [-0.1, -0.05) is 45.0 Å². The third-order valence-corrected chi connectivity index (χ3v) is 7.16. The lowest BCUT2D eigenvalue weighted by atomic mass is 9.77. The summed E-state index contributed by atoms with van der Waals surface area (Å²) in [6.07, 6.45) is 5.21. The molecule has 3 aliphatic rings. The zero-order valence-electron chi connectivity index (χ0n) is 18.7. The Morgan fingerprint density at radius 3 is 2.65 bits per heavy atom. The topological polar surface area (TPSA) is 47.6 Å². The summed E-state index contributed by atoms with van der Waals surface area (Å²) in [7, 11) is 0. The highest BCUT2D eigenvalue weighted by molar-refractivity contribution is 5.95. The van der Waals surface area contributed by atoms with Crippen molar-refractivity contribution in [3.8, 4) is 11.5 Å². The number of allylic oxidation sites excluding steroid dienone is 1. The van der Waals surface area contributed by atoms with Crippen molar-refractivity contribution < 1.29 is 14.3 Å². The third-order valence-electron chi connectivity index (χ3n) is 7.16. The van der Waals surface area contributed by atoms with E-state index in [0.29, 0.717) is 24.2 Å². The van der Waals surface area contributed by atoms with Crippen LogP contribution in [-0.2, 0) is 16.6 Å². The van der Waals surface area contributed by atoms with Gasteiger partial charge in [0.2, 0.25) is 6.79 Å². The minimum absolute atomic E-state index is 0.139. The van der Waals surface area contributed by atoms with Gasteiger partial charge in [0.25, 0.3) is 0 Å². The monoisotopic (exact) mass is 417 g/mol. The van der Waals surface area contributed by atoms with Crippen molar-refractivity contribution in [3.05, 3.63) is 65.7 Å². The van der Waals surface area contributed by atoms with E-state index < -0.39 is 0 Å². The van der Waals surface area contributed by atoms with Crippen LogP contribution in [0.2, 0.25) is 0 Å². The van der Waals surface area contributed by atoms with Crippen LogP contribution in [0.3, 0.4) is 0 Å². The van der Waals surface area contributed by atoms with Gasteiger partial charge in [0, 0.05) is 24.1 Å². The molecule has 2 aliphatic heterocycles. The molecule has 2 aromatic carbocycles. The van der Waals surface area contributed by atoms with E-state index in [9.17, 15) is 4.79 Å². The lowest BCUT2D eigenvalue weighted by Crippen LogP contribution is -2.34. The van der Waals surface area contributed by atoms with Crippen LogP contribution in [0.1, 0.15) is 62.6 Å². The second kappa shape index (κ2) is 7.15. The fraction of sp³-hybridized carbons (Fsp3) is 0.444. The zero-order chi connectivity index (χ0) is 21.8. The highest BCUT2D eigenvalue weighted by atomic mass is 16.7. The molecule has 1 aliphatic carbocycles. The van der Waals surface area contributed by atoms with Crippen LogP contribution in [0.25, 0.3) is 0 Å². The van der Waals surface area contributed by atoms with Gasteiger partial charge in [-0.3, -0.25) is 4.79 Å². The molecule has 0 bridgehead atoms. The van der Waals surface area contributed by atoms with E-state index in [1.165, 1.54) is 11.3 Å². The average molecular weight is 418 g/mol. The summed E-state index contributed by atoms with van der Waals surface area (Å²) in [5.74, 6) is 2.19. The largest absolute Gasteiger partial charge is 0.454 e. The van der Waals surface area contributed by atoms with Gasteiger partial charge < -0.3 is 14.8 Å². The van der Waals surface area contributed by atoms with Crippen molar-refractivity contribution in [2.24, 2.45) is 5.41 Å². The van der Waals surface area contributed by atoms with Crippen LogP contribution in [0.4, 0.5) is 5.69 Å². The molecule has 1 fully saturated rings. The Bertz CT molecular complexity index is 1040. The predicted octanol–water partition coefficient (Wildman–Crippen LogP) is 5.76. The number of carbonyl (C=O) groups excluding carboxylic acids is 1. The molecule has 5 rings (SSSR count). The molecule has 2 unspecified atom stereocenters. The van der Waals surface area contributed by atoms with E-state index in [4.69, 9.17) is 9.47 Å². The number of Topliss-reactive ketones (excluding diaryl/α,β-unsaturated/α-hetero) is 1. The van der Waals surface area contributed by atoms with Crippen LogP contribution < -0.4 is 14.8 Å². The van der Waals surface area contributed by atoms with Crippen LogP contribution in [0, 0.1) is 5.41 Å². The number of nitrogens with one attached hydrogen (secondary N) is 1. The fourth-order valence-corrected chi connectivity index (χ4v) is 5.27.